The lowest BCUT2D eigenvalue weighted by Gasteiger charge is -2.40. The summed E-state index contributed by atoms with van der Waals surface area (Å²) in [4.78, 5) is 14.3. The number of fused-ring (bicyclic) bond motifs is 1. The highest BCUT2D eigenvalue weighted by atomic mass is 19.4. The summed E-state index contributed by atoms with van der Waals surface area (Å²) in [6, 6.07) is 11.6. The van der Waals surface area contributed by atoms with E-state index in [1.807, 2.05) is 42.0 Å². The minimum atomic E-state index is -4.37. The Morgan fingerprint density at radius 3 is 2.59 bits per heavy atom. The Hall–Kier alpha value is -3.00. The normalized spacial score (nSPS) is 14.6. The van der Waals surface area contributed by atoms with E-state index in [4.69, 9.17) is 5.11 Å². The van der Waals surface area contributed by atoms with E-state index in [1.165, 1.54) is 12.1 Å². The Labute approximate surface area is 184 Å². The minimum absolute atomic E-state index is 0.0304. The average molecular weight is 445 g/mol. The van der Waals surface area contributed by atoms with E-state index in [0.717, 1.165) is 34.9 Å². The molecular weight excluding hydrogens is 419 g/mol. The van der Waals surface area contributed by atoms with Crippen molar-refractivity contribution in [3.05, 3.63) is 59.8 Å². The Morgan fingerprint density at radius 2 is 1.88 bits per heavy atom. The average Bonchev–Trinajstić information content (AvgIpc) is 3.06. The SMILES string of the molecule is Cc1cn(-c2cccc(N3CC(C(=O)NCCCCO)C3)c2)c2ccc(C(F)(F)F)cc12. The third kappa shape index (κ3) is 4.46. The van der Waals surface area contributed by atoms with E-state index >= 15 is 0 Å². The van der Waals surface area contributed by atoms with E-state index in [2.05, 4.69) is 10.2 Å². The lowest BCUT2D eigenvalue weighted by molar-refractivity contribution is -0.137. The van der Waals surface area contributed by atoms with Gasteiger partial charge in [-0.25, -0.2) is 0 Å². The van der Waals surface area contributed by atoms with Gasteiger partial charge in [-0.3, -0.25) is 4.79 Å². The van der Waals surface area contributed by atoms with Crippen LogP contribution in [0.2, 0.25) is 0 Å². The van der Waals surface area contributed by atoms with Gasteiger partial charge in [-0.05, 0) is 61.7 Å². The fourth-order valence-electron chi connectivity index (χ4n) is 4.07. The topological polar surface area (TPSA) is 57.5 Å². The zero-order valence-electron chi connectivity index (χ0n) is 17.8. The van der Waals surface area contributed by atoms with Crippen molar-refractivity contribution in [1.82, 2.24) is 9.88 Å². The molecule has 0 radical (unpaired) electrons. The number of amides is 1. The van der Waals surface area contributed by atoms with Gasteiger partial charge in [-0.15, -0.1) is 0 Å². The molecular formula is C24H26F3N3O2. The highest BCUT2D eigenvalue weighted by Gasteiger charge is 2.33. The molecule has 4 rings (SSSR count). The molecule has 0 unspecified atom stereocenters. The van der Waals surface area contributed by atoms with Crippen molar-refractivity contribution < 1.29 is 23.1 Å². The summed E-state index contributed by atoms with van der Waals surface area (Å²) in [5, 5.41) is 12.3. The third-order valence-electron chi connectivity index (χ3n) is 5.94. The molecule has 0 bridgehead atoms. The fourth-order valence-corrected chi connectivity index (χ4v) is 4.07. The van der Waals surface area contributed by atoms with Gasteiger partial charge in [0.05, 0.1) is 17.0 Å². The van der Waals surface area contributed by atoms with Crippen LogP contribution in [0.1, 0.15) is 24.0 Å². The Kier molecular flexibility index (Phi) is 6.15. The predicted octanol–water partition coefficient (Wildman–Crippen LogP) is 4.28. The van der Waals surface area contributed by atoms with Crippen molar-refractivity contribution >= 4 is 22.5 Å². The first kappa shape index (κ1) is 22.2. The molecule has 1 amide bonds. The molecule has 2 heterocycles. The molecule has 2 aromatic carbocycles. The Balaban J connectivity index is 1.49. The Morgan fingerprint density at radius 1 is 1.12 bits per heavy atom. The molecule has 8 heteroatoms. The molecule has 1 aromatic heterocycles. The number of hydrogen-bond donors (Lipinski definition) is 2. The van der Waals surface area contributed by atoms with Gasteiger partial charge < -0.3 is 19.9 Å². The maximum Gasteiger partial charge on any atom is 0.416 e. The van der Waals surface area contributed by atoms with Crippen molar-refractivity contribution in [2.45, 2.75) is 25.9 Å². The van der Waals surface area contributed by atoms with E-state index < -0.39 is 11.7 Å². The van der Waals surface area contributed by atoms with Crippen LogP contribution in [-0.4, -0.2) is 41.8 Å². The van der Waals surface area contributed by atoms with Crippen molar-refractivity contribution in [2.75, 3.05) is 31.1 Å². The number of nitrogens with zero attached hydrogens (tertiary/aromatic N) is 2. The molecule has 5 nitrogen and oxygen atoms in total. The zero-order valence-corrected chi connectivity index (χ0v) is 17.8. The number of aryl methyl sites for hydroxylation is 1. The number of halogens is 3. The van der Waals surface area contributed by atoms with Crippen molar-refractivity contribution in [1.29, 1.82) is 0 Å². The number of nitrogens with one attached hydrogen (secondary N) is 1. The number of carbonyl (C=O) groups is 1. The first-order chi connectivity index (χ1) is 15.3. The Bertz CT molecular complexity index is 1120. The summed E-state index contributed by atoms with van der Waals surface area (Å²) in [6.45, 7) is 3.75. The summed E-state index contributed by atoms with van der Waals surface area (Å²) >= 11 is 0. The van der Waals surface area contributed by atoms with Crippen LogP contribution in [0.25, 0.3) is 16.6 Å². The number of aliphatic hydroxyl groups is 1. The number of rotatable bonds is 7. The van der Waals surface area contributed by atoms with Crippen molar-refractivity contribution in [3.8, 4) is 5.69 Å². The van der Waals surface area contributed by atoms with Crippen LogP contribution >= 0.6 is 0 Å². The number of carbonyl (C=O) groups excluding carboxylic acids is 1. The third-order valence-corrected chi connectivity index (χ3v) is 5.94. The van der Waals surface area contributed by atoms with Gasteiger partial charge in [0.2, 0.25) is 5.91 Å². The summed E-state index contributed by atoms with van der Waals surface area (Å²) < 4.78 is 41.2. The summed E-state index contributed by atoms with van der Waals surface area (Å²) in [5.74, 6) is -0.0360. The van der Waals surface area contributed by atoms with E-state index in [9.17, 15) is 18.0 Å². The van der Waals surface area contributed by atoms with Gasteiger partial charge >= 0.3 is 6.18 Å². The van der Waals surface area contributed by atoms with Crippen LogP contribution < -0.4 is 10.2 Å². The first-order valence-electron chi connectivity index (χ1n) is 10.7. The standard InChI is InChI=1S/C24H26F3N3O2/c1-16-13-30(22-8-7-18(11-21(16)22)24(25,26)27)20-6-4-5-19(12-20)29-14-17(15-29)23(32)28-9-2-3-10-31/h4-8,11-13,17,31H,2-3,9-10,14-15H2,1H3,(H,28,32). The number of alkyl halides is 3. The number of unbranched alkanes of at least 4 members (excludes halogenated alkanes) is 1. The second-order valence-corrected chi connectivity index (χ2v) is 8.26. The molecule has 0 saturated carbocycles. The second-order valence-electron chi connectivity index (χ2n) is 8.26. The summed E-state index contributed by atoms with van der Waals surface area (Å²) in [7, 11) is 0. The second kappa shape index (κ2) is 8.86. The van der Waals surface area contributed by atoms with Crippen LogP contribution in [-0.2, 0) is 11.0 Å². The van der Waals surface area contributed by atoms with Crippen LogP contribution in [0.15, 0.2) is 48.7 Å². The van der Waals surface area contributed by atoms with Crippen LogP contribution in [0.5, 0.6) is 0 Å². The molecule has 0 atom stereocenters. The van der Waals surface area contributed by atoms with E-state index in [-0.39, 0.29) is 18.4 Å². The van der Waals surface area contributed by atoms with Gasteiger partial charge in [-0.2, -0.15) is 13.2 Å². The lowest BCUT2D eigenvalue weighted by atomic mass is 9.98. The lowest BCUT2D eigenvalue weighted by Crippen LogP contribution is -2.53. The molecule has 1 aliphatic heterocycles. The molecule has 1 fully saturated rings. The molecule has 0 aliphatic carbocycles. The number of anilines is 1. The minimum Gasteiger partial charge on any atom is -0.396 e. The van der Waals surface area contributed by atoms with E-state index in [1.54, 1.807) is 0 Å². The smallest absolute Gasteiger partial charge is 0.396 e. The molecule has 32 heavy (non-hydrogen) atoms. The van der Waals surface area contributed by atoms with Gasteiger partial charge in [0.25, 0.3) is 0 Å². The molecule has 170 valence electrons. The highest BCUT2D eigenvalue weighted by Crippen LogP contribution is 2.34. The summed E-state index contributed by atoms with van der Waals surface area (Å²) in [5.41, 5.74) is 2.67. The number of aliphatic hydroxyl groups excluding tert-OH is 1. The van der Waals surface area contributed by atoms with Gasteiger partial charge in [0, 0.05) is 49.2 Å². The predicted molar refractivity (Wildman–Crippen MR) is 118 cm³/mol. The maximum atomic E-state index is 13.1. The van der Waals surface area contributed by atoms with Crippen LogP contribution in [0, 0.1) is 12.8 Å². The maximum absolute atomic E-state index is 13.1. The van der Waals surface area contributed by atoms with Crippen molar-refractivity contribution in [3.63, 3.8) is 0 Å². The fraction of sp³-hybridized carbons (Fsp3) is 0.375. The number of aromatic nitrogens is 1. The van der Waals surface area contributed by atoms with Crippen LogP contribution in [0.3, 0.4) is 0 Å². The van der Waals surface area contributed by atoms with Gasteiger partial charge in [0.15, 0.2) is 0 Å². The molecule has 3 aromatic rings. The summed E-state index contributed by atoms with van der Waals surface area (Å²) in [6.07, 6.45) is -1.09. The molecule has 1 saturated heterocycles. The monoisotopic (exact) mass is 445 g/mol. The zero-order chi connectivity index (χ0) is 22.9. The van der Waals surface area contributed by atoms with Crippen LogP contribution in [0.4, 0.5) is 18.9 Å². The molecule has 1 aliphatic rings. The first-order valence-corrected chi connectivity index (χ1v) is 10.7. The van der Waals surface area contributed by atoms with Gasteiger partial charge in [-0.1, -0.05) is 6.07 Å². The molecule has 0 spiro atoms. The quantitative estimate of drug-likeness (QED) is 0.534. The van der Waals surface area contributed by atoms with Gasteiger partial charge in [0.1, 0.15) is 0 Å². The van der Waals surface area contributed by atoms with Crippen molar-refractivity contribution in [2.24, 2.45) is 5.92 Å². The number of benzene rings is 2. The highest BCUT2D eigenvalue weighted by molar-refractivity contribution is 5.86. The number of hydrogen-bond acceptors (Lipinski definition) is 3. The molecule has 2 N–H and O–H groups in total. The van der Waals surface area contributed by atoms with E-state index in [0.29, 0.717) is 31.4 Å². The largest absolute Gasteiger partial charge is 0.416 e.